The van der Waals surface area contributed by atoms with Gasteiger partial charge in [0.05, 0.1) is 6.54 Å². The number of pyridine rings is 1. The van der Waals surface area contributed by atoms with E-state index in [1.807, 2.05) is 11.0 Å². The van der Waals surface area contributed by atoms with Gasteiger partial charge < -0.3 is 5.73 Å². The van der Waals surface area contributed by atoms with Gasteiger partial charge in [-0.3, -0.25) is 9.69 Å². The number of hydrogen-bond acceptors (Lipinski definition) is 4. The van der Waals surface area contributed by atoms with Crippen molar-refractivity contribution < 1.29 is 4.79 Å². The molecule has 1 rings (SSSR count). The molecule has 1 amide bonds. The summed E-state index contributed by atoms with van der Waals surface area (Å²) in [6.45, 7) is 5.60. The van der Waals surface area contributed by atoms with Crippen LogP contribution in [-0.4, -0.2) is 28.9 Å². The third kappa shape index (κ3) is 4.52. The van der Waals surface area contributed by atoms with Gasteiger partial charge in [0.2, 0.25) is 5.91 Å². The molecule has 0 atom stereocenters. The Balaban J connectivity index is 2.82. The summed E-state index contributed by atoms with van der Waals surface area (Å²) in [5.41, 5.74) is 6.45. The Morgan fingerprint density at radius 1 is 1.61 bits per heavy atom. The summed E-state index contributed by atoms with van der Waals surface area (Å²) in [6.07, 6.45) is 1.59. The fraction of sp³-hybridized carbons (Fsp3) is 0.462. The quantitative estimate of drug-likeness (QED) is 0.808. The summed E-state index contributed by atoms with van der Waals surface area (Å²) in [5, 5.41) is 8.97. The van der Waals surface area contributed by atoms with E-state index in [1.54, 1.807) is 12.3 Å². The maximum atomic E-state index is 11.0. The molecular formula is C13H18N4O. The van der Waals surface area contributed by atoms with E-state index in [9.17, 15) is 4.79 Å². The van der Waals surface area contributed by atoms with Crippen molar-refractivity contribution in [1.82, 2.24) is 9.88 Å². The highest BCUT2D eigenvalue weighted by Crippen LogP contribution is 2.09. The number of rotatable bonds is 6. The SMILES string of the molecule is CC(C)CN(CC(N)=O)Cc1cccnc1C#N. The number of nitrogens with two attached hydrogens (primary N) is 1. The molecule has 0 spiro atoms. The second-order valence-corrected chi connectivity index (χ2v) is 4.65. The van der Waals surface area contributed by atoms with Crippen LogP contribution in [0.2, 0.25) is 0 Å². The van der Waals surface area contributed by atoms with Gasteiger partial charge >= 0.3 is 0 Å². The summed E-state index contributed by atoms with van der Waals surface area (Å²) in [7, 11) is 0. The van der Waals surface area contributed by atoms with Crippen molar-refractivity contribution in [3.05, 3.63) is 29.6 Å². The van der Waals surface area contributed by atoms with Crippen molar-refractivity contribution in [2.24, 2.45) is 11.7 Å². The molecule has 0 radical (unpaired) electrons. The molecule has 5 nitrogen and oxygen atoms in total. The molecule has 1 heterocycles. The highest BCUT2D eigenvalue weighted by atomic mass is 16.1. The Bertz CT molecular complexity index is 451. The third-order valence-corrected chi connectivity index (χ3v) is 2.39. The van der Waals surface area contributed by atoms with Gasteiger partial charge in [-0.15, -0.1) is 0 Å². The molecule has 0 bridgehead atoms. The number of amides is 1. The average Bonchev–Trinajstić information content (AvgIpc) is 2.27. The van der Waals surface area contributed by atoms with Gasteiger partial charge in [0, 0.05) is 24.8 Å². The predicted molar refractivity (Wildman–Crippen MR) is 68.3 cm³/mol. The van der Waals surface area contributed by atoms with Crippen molar-refractivity contribution in [3.8, 4) is 6.07 Å². The van der Waals surface area contributed by atoms with Crippen molar-refractivity contribution >= 4 is 5.91 Å². The molecule has 0 aromatic carbocycles. The lowest BCUT2D eigenvalue weighted by atomic mass is 10.1. The molecule has 96 valence electrons. The first-order valence-corrected chi connectivity index (χ1v) is 5.87. The summed E-state index contributed by atoms with van der Waals surface area (Å²) in [5.74, 6) is 0.0598. The highest BCUT2D eigenvalue weighted by Gasteiger charge is 2.13. The van der Waals surface area contributed by atoms with Crippen LogP contribution in [0, 0.1) is 17.2 Å². The van der Waals surface area contributed by atoms with Crippen molar-refractivity contribution in [1.29, 1.82) is 5.26 Å². The smallest absolute Gasteiger partial charge is 0.231 e. The van der Waals surface area contributed by atoms with E-state index in [0.717, 1.165) is 12.1 Å². The first-order chi connectivity index (χ1) is 8.52. The van der Waals surface area contributed by atoms with Crippen LogP contribution in [0.25, 0.3) is 0 Å². The largest absolute Gasteiger partial charge is 0.369 e. The Morgan fingerprint density at radius 3 is 2.89 bits per heavy atom. The second kappa shape index (κ2) is 6.72. The summed E-state index contributed by atoms with van der Waals surface area (Å²) in [4.78, 5) is 17.0. The fourth-order valence-corrected chi connectivity index (χ4v) is 1.83. The van der Waals surface area contributed by atoms with Gasteiger partial charge in [0.25, 0.3) is 0 Å². The first-order valence-electron chi connectivity index (χ1n) is 5.87. The minimum absolute atomic E-state index is 0.192. The monoisotopic (exact) mass is 246 g/mol. The molecule has 5 heteroatoms. The van der Waals surface area contributed by atoms with Gasteiger partial charge in [-0.05, 0) is 12.0 Å². The molecular weight excluding hydrogens is 228 g/mol. The van der Waals surface area contributed by atoms with E-state index in [4.69, 9.17) is 11.0 Å². The second-order valence-electron chi connectivity index (χ2n) is 4.65. The number of hydrogen-bond donors (Lipinski definition) is 1. The predicted octanol–water partition coefficient (Wildman–Crippen LogP) is 0.897. The molecule has 0 aliphatic heterocycles. The number of carbonyl (C=O) groups is 1. The lowest BCUT2D eigenvalue weighted by Crippen LogP contribution is -2.36. The van der Waals surface area contributed by atoms with E-state index >= 15 is 0 Å². The molecule has 0 unspecified atom stereocenters. The molecule has 18 heavy (non-hydrogen) atoms. The maximum absolute atomic E-state index is 11.0. The number of aromatic nitrogens is 1. The molecule has 2 N–H and O–H groups in total. The van der Waals surface area contributed by atoms with Crippen LogP contribution < -0.4 is 5.73 Å². The van der Waals surface area contributed by atoms with Crippen LogP contribution in [0.4, 0.5) is 0 Å². The van der Waals surface area contributed by atoms with Crippen molar-refractivity contribution in [2.45, 2.75) is 20.4 Å². The molecule has 1 aromatic rings. The summed E-state index contributed by atoms with van der Waals surface area (Å²) >= 11 is 0. The Morgan fingerprint density at radius 2 is 2.33 bits per heavy atom. The molecule has 0 aliphatic rings. The van der Waals surface area contributed by atoms with Crippen LogP contribution in [0.15, 0.2) is 18.3 Å². The van der Waals surface area contributed by atoms with Crippen LogP contribution in [0.1, 0.15) is 25.1 Å². The fourth-order valence-electron chi connectivity index (χ4n) is 1.83. The topological polar surface area (TPSA) is 83.0 Å². The summed E-state index contributed by atoms with van der Waals surface area (Å²) < 4.78 is 0. The zero-order chi connectivity index (χ0) is 13.5. The van der Waals surface area contributed by atoms with Crippen LogP contribution >= 0.6 is 0 Å². The standard InChI is InChI=1S/C13H18N4O/c1-10(2)7-17(9-13(15)18)8-11-4-3-5-16-12(11)6-14/h3-5,10H,7-9H2,1-2H3,(H2,15,18). The average molecular weight is 246 g/mol. The van der Waals surface area contributed by atoms with E-state index in [1.165, 1.54) is 0 Å². The molecule has 0 aliphatic carbocycles. The van der Waals surface area contributed by atoms with E-state index in [2.05, 4.69) is 24.9 Å². The number of primary amides is 1. The van der Waals surface area contributed by atoms with Crippen molar-refractivity contribution in [2.75, 3.05) is 13.1 Å². The molecule has 0 saturated carbocycles. The molecule has 0 saturated heterocycles. The number of nitriles is 1. The van der Waals surface area contributed by atoms with Crippen LogP contribution in [-0.2, 0) is 11.3 Å². The zero-order valence-electron chi connectivity index (χ0n) is 10.8. The van der Waals surface area contributed by atoms with Crippen LogP contribution in [0.3, 0.4) is 0 Å². The first kappa shape index (κ1) is 14.1. The van der Waals surface area contributed by atoms with Crippen molar-refractivity contribution in [3.63, 3.8) is 0 Å². The third-order valence-electron chi connectivity index (χ3n) is 2.39. The maximum Gasteiger partial charge on any atom is 0.231 e. The van der Waals surface area contributed by atoms with Gasteiger partial charge in [0.1, 0.15) is 11.8 Å². The van der Waals surface area contributed by atoms with Gasteiger partial charge in [-0.1, -0.05) is 19.9 Å². The number of nitrogens with zero attached hydrogens (tertiary/aromatic N) is 3. The van der Waals surface area contributed by atoms with Crippen LogP contribution in [0.5, 0.6) is 0 Å². The number of carbonyl (C=O) groups excluding carboxylic acids is 1. The van der Waals surface area contributed by atoms with Gasteiger partial charge in [-0.2, -0.15) is 5.26 Å². The molecule has 1 aromatic heterocycles. The van der Waals surface area contributed by atoms with Gasteiger partial charge in [0.15, 0.2) is 0 Å². The Kier molecular flexibility index (Phi) is 5.28. The lowest BCUT2D eigenvalue weighted by Gasteiger charge is -2.22. The van der Waals surface area contributed by atoms with Gasteiger partial charge in [-0.25, -0.2) is 4.98 Å². The molecule has 0 fully saturated rings. The minimum Gasteiger partial charge on any atom is -0.369 e. The summed E-state index contributed by atoms with van der Waals surface area (Å²) in [6, 6.07) is 5.69. The Hall–Kier alpha value is -1.93. The normalized spacial score (nSPS) is 10.6. The zero-order valence-corrected chi connectivity index (χ0v) is 10.8. The van der Waals surface area contributed by atoms with E-state index in [0.29, 0.717) is 18.2 Å². The van der Waals surface area contributed by atoms with E-state index < -0.39 is 0 Å². The lowest BCUT2D eigenvalue weighted by molar-refractivity contribution is -0.119. The van der Waals surface area contributed by atoms with E-state index in [-0.39, 0.29) is 12.5 Å². The minimum atomic E-state index is -0.363. The Labute approximate surface area is 107 Å². The highest BCUT2D eigenvalue weighted by molar-refractivity contribution is 5.75.